The van der Waals surface area contributed by atoms with Gasteiger partial charge in [-0.3, -0.25) is 4.79 Å². The summed E-state index contributed by atoms with van der Waals surface area (Å²) >= 11 is 0. The van der Waals surface area contributed by atoms with E-state index < -0.39 is 0 Å². The van der Waals surface area contributed by atoms with Gasteiger partial charge in [-0.05, 0) is 12.1 Å². The molecule has 3 rings (SSSR count). The SMILES string of the molecule is O=C1C=C(Nc2cccc3c2OCO3)C1. The average Bonchev–Trinajstić information content (AvgIpc) is 2.64. The first-order valence-electron chi connectivity index (χ1n) is 4.72. The topological polar surface area (TPSA) is 47.6 Å². The molecule has 0 radical (unpaired) electrons. The van der Waals surface area contributed by atoms with E-state index in [0.29, 0.717) is 6.42 Å². The van der Waals surface area contributed by atoms with Gasteiger partial charge < -0.3 is 14.8 Å². The van der Waals surface area contributed by atoms with Gasteiger partial charge in [-0.2, -0.15) is 0 Å². The molecule has 0 spiro atoms. The zero-order chi connectivity index (χ0) is 10.3. The van der Waals surface area contributed by atoms with E-state index in [4.69, 9.17) is 9.47 Å². The number of para-hydroxylation sites is 1. The number of nitrogens with one attached hydrogen (secondary N) is 1. The molecule has 76 valence electrons. The fourth-order valence-corrected chi connectivity index (χ4v) is 1.63. The minimum Gasteiger partial charge on any atom is -0.454 e. The van der Waals surface area contributed by atoms with Crippen molar-refractivity contribution in [3.05, 3.63) is 30.0 Å². The van der Waals surface area contributed by atoms with Crippen molar-refractivity contribution in [3.8, 4) is 11.5 Å². The molecule has 0 saturated heterocycles. The van der Waals surface area contributed by atoms with Gasteiger partial charge in [-0.15, -0.1) is 0 Å². The number of rotatable bonds is 2. The van der Waals surface area contributed by atoms with E-state index in [1.165, 1.54) is 0 Å². The van der Waals surface area contributed by atoms with Crippen LogP contribution in [0, 0.1) is 0 Å². The number of allylic oxidation sites excluding steroid dienone is 2. The average molecular weight is 203 g/mol. The zero-order valence-corrected chi connectivity index (χ0v) is 7.95. The highest BCUT2D eigenvalue weighted by Gasteiger charge is 2.20. The van der Waals surface area contributed by atoms with Crippen molar-refractivity contribution in [1.82, 2.24) is 0 Å². The molecule has 0 bridgehead atoms. The Hall–Kier alpha value is -1.97. The molecule has 15 heavy (non-hydrogen) atoms. The second-order valence-corrected chi connectivity index (χ2v) is 3.48. The summed E-state index contributed by atoms with van der Waals surface area (Å²) in [4.78, 5) is 10.8. The lowest BCUT2D eigenvalue weighted by atomic mass is 10.0. The zero-order valence-electron chi connectivity index (χ0n) is 7.95. The molecule has 0 saturated carbocycles. The maximum absolute atomic E-state index is 10.8. The summed E-state index contributed by atoms with van der Waals surface area (Å²) in [5, 5.41) is 3.14. The van der Waals surface area contributed by atoms with E-state index in [2.05, 4.69) is 5.32 Å². The van der Waals surface area contributed by atoms with E-state index in [1.807, 2.05) is 18.2 Å². The lowest BCUT2D eigenvalue weighted by Gasteiger charge is -2.16. The number of benzene rings is 1. The van der Waals surface area contributed by atoms with Gasteiger partial charge in [-0.25, -0.2) is 0 Å². The van der Waals surface area contributed by atoms with Crippen LogP contribution in [-0.4, -0.2) is 12.6 Å². The Labute approximate surface area is 86.5 Å². The molecule has 1 aromatic carbocycles. The molecule has 1 N–H and O–H groups in total. The van der Waals surface area contributed by atoms with E-state index >= 15 is 0 Å². The quantitative estimate of drug-likeness (QED) is 0.794. The monoisotopic (exact) mass is 203 g/mol. The van der Waals surface area contributed by atoms with Gasteiger partial charge in [0.2, 0.25) is 6.79 Å². The lowest BCUT2D eigenvalue weighted by Crippen LogP contribution is -2.15. The Kier molecular flexibility index (Phi) is 1.68. The minimum atomic E-state index is 0.155. The molecule has 0 aromatic heterocycles. The second kappa shape index (κ2) is 3.02. The second-order valence-electron chi connectivity index (χ2n) is 3.48. The van der Waals surface area contributed by atoms with Gasteiger partial charge >= 0.3 is 0 Å². The number of ether oxygens (including phenoxy) is 2. The third-order valence-corrected chi connectivity index (χ3v) is 2.39. The molecule has 0 unspecified atom stereocenters. The summed E-state index contributed by atoms with van der Waals surface area (Å²) in [6.07, 6.45) is 2.07. The minimum absolute atomic E-state index is 0.155. The Balaban J connectivity index is 1.89. The summed E-state index contributed by atoms with van der Waals surface area (Å²) in [6.45, 7) is 0.256. The third kappa shape index (κ3) is 1.34. The highest BCUT2D eigenvalue weighted by molar-refractivity contribution is 6.00. The van der Waals surface area contributed by atoms with Crippen molar-refractivity contribution in [1.29, 1.82) is 0 Å². The number of fused-ring (bicyclic) bond motifs is 1. The van der Waals surface area contributed by atoms with Crippen LogP contribution in [0.1, 0.15) is 6.42 Å². The summed E-state index contributed by atoms with van der Waals surface area (Å²) in [5.41, 5.74) is 1.77. The van der Waals surface area contributed by atoms with Crippen molar-refractivity contribution in [2.75, 3.05) is 12.1 Å². The van der Waals surface area contributed by atoms with E-state index in [0.717, 1.165) is 22.9 Å². The van der Waals surface area contributed by atoms with Crippen molar-refractivity contribution >= 4 is 11.5 Å². The molecule has 4 heteroatoms. The predicted octanol–water partition coefficient (Wildman–Crippen LogP) is 1.68. The summed E-state index contributed by atoms with van der Waals surface area (Å²) in [6, 6.07) is 5.64. The van der Waals surface area contributed by atoms with Gasteiger partial charge in [0.25, 0.3) is 0 Å². The molecule has 4 nitrogen and oxygen atoms in total. The Bertz CT molecular complexity index is 465. The summed E-state index contributed by atoms with van der Waals surface area (Å²) in [7, 11) is 0. The van der Waals surface area contributed by atoms with Crippen LogP contribution in [-0.2, 0) is 4.79 Å². The van der Waals surface area contributed by atoms with Gasteiger partial charge in [0.15, 0.2) is 17.3 Å². The molecule has 1 aliphatic carbocycles. The molecule has 0 atom stereocenters. The fraction of sp³-hybridized carbons (Fsp3) is 0.182. The molecule has 1 aliphatic heterocycles. The van der Waals surface area contributed by atoms with E-state index in [-0.39, 0.29) is 12.6 Å². The standard InChI is InChI=1S/C11H9NO3/c13-8-4-7(5-8)12-9-2-1-3-10-11(9)15-6-14-10/h1-4,12H,5-6H2. The predicted molar refractivity (Wildman–Crippen MR) is 53.9 cm³/mol. The largest absolute Gasteiger partial charge is 0.454 e. The van der Waals surface area contributed by atoms with Crippen LogP contribution in [0.2, 0.25) is 0 Å². The van der Waals surface area contributed by atoms with Gasteiger partial charge in [-0.1, -0.05) is 6.07 Å². The van der Waals surface area contributed by atoms with Crippen LogP contribution in [0.4, 0.5) is 5.69 Å². The highest BCUT2D eigenvalue weighted by atomic mass is 16.7. The van der Waals surface area contributed by atoms with Crippen LogP contribution in [0.25, 0.3) is 0 Å². The number of carbonyl (C=O) groups excluding carboxylic acids is 1. The van der Waals surface area contributed by atoms with E-state index in [9.17, 15) is 4.79 Å². The molecule has 1 aromatic rings. The maximum Gasteiger partial charge on any atom is 0.231 e. The van der Waals surface area contributed by atoms with Gasteiger partial charge in [0.1, 0.15) is 0 Å². The van der Waals surface area contributed by atoms with Gasteiger partial charge in [0.05, 0.1) is 12.1 Å². The lowest BCUT2D eigenvalue weighted by molar-refractivity contribution is -0.115. The van der Waals surface area contributed by atoms with E-state index in [1.54, 1.807) is 6.08 Å². The van der Waals surface area contributed by atoms with Crippen molar-refractivity contribution in [2.24, 2.45) is 0 Å². The normalized spacial score (nSPS) is 17.1. The molecule has 0 amide bonds. The van der Waals surface area contributed by atoms with Crippen LogP contribution in [0.3, 0.4) is 0 Å². The summed E-state index contributed by atoms with van der Waals surface area (Å²) < 4.78 is 10.6. The number of hydrogen-bond acceptors (Lipinski definition) is 4. The Morgan fingerprint density at radius 3 is 2.93 bits per heavy atom. The number of hydrogen-bond donors (Lipinski definition) is 1. The first-order valence-corrected chi connectivity index (χ1v) is 4.72. The molecule has 0 fully saturated rings. The summed E-state index contributed by atoms with van der Waals surface area (Å²) in [5.74, 6) is 1.62. The van der Waals surface area contributed by atoms with Crippen LogP contribution >= 0.6 is 0 Å². The third-order valence-electron chi connectivity index (χ3n) is 2.39. The Morgan fingerprint density at radius 1 is 1.27 bits per heavy atom. The van der Waals surface area contributed by atoms with Crippen LogP contribution in [0.15, 0.2) is 30.0 Å². The van der Waals surface area contributed by atoms with Gasteiger partial charge in [0, 0.05) is 11.8 Å². The van der Waals surface area contributed by atoms with Crippen LogP contribution in [0.5, 0.6) is 11.5 Å². The van der Waals surface area contributed by atoms with Crippen LogP contribution < -0.4 is 14.8 Å². The Morgan fingerprint density at radius 2 is 2.13 bits per heavy atom. The van der Waals surface area contributed by atoms with Crippen molar-refractivity contribution in [2.45, 2.75) is 6.42 Å². The molecule has 1 heterocycles. The molecule has 2 aliphatic rings. The fourth-order valence-electron chi connectivity index (χ4n) is 1.63. The first-order chi connectivity index (χ1) is 7.33. The smallest absolute Gasteiger partial charge is 0.231 e. The number of carbonyl (C=O) groups is 1. The number of ketones is 1. The van der Waals surface area contributed by atoms with Crippen molar-refractivity contribution < 1.29 is 14.3 Å². The molecular weight excluding hydrogens is 194 g/mol. The first kappa shape index (κ1) is 8.35. The molecular formula is C11H9NO3. The maximum atomic E-state index is 10.8. The number of anilines is 1. The van der Waals surface area contributed by atoms with Crippen molar-refractivity contribution in [3.63, 3.8) is 0 Å². The highest BCUT2D eigenvalue weighted by Crippen LogP contribution is 2.39.